The smallest absolute Gasteiger partial charge is 0.150 e. The van der Waals surface area contributed by atoms with Gasteiger partial charge in [0.05, 0.1) is 5.69 Å². The molecule has 0 bridgehead atoms. The molecule has 0 unspecified atom stereocenters. The molecule has 0 N–H and O–H groups in total. The number of pyridine rings is 2. The van der Waals surface area contributed by atoms with Gasteiger partial charge in [-0.05, 0) is 36.8 Å². The zero-order valence-corrected chi connectivity index (χ0v) is 14.2. The zero-order chi connectivity index (χ0) is 17.1. The van der Waals surface area contributed by atoms with Gasteiger partial charge in [0, 0.05) is 62.7 Å². The summed E-state index contributed by atoms with van der Waals surface area (Å²) in [6, 6.07) is 8.22. The average molecular weight is 332 g/mol. The van der Waals surface area contributed by atoms with Crippen molar-refractivity contribution in [3.63, 3.8) is 0 Å². The molecule has 1 saturated heterocycles. The first-order valence-electron chi connectivity index (χ1n) is 8.45. The highest BCUT2D eigenvalue weighted by molar-refractivity contribution is 5.63. The Hall–Kier alpha value is -3.02. The largest absolute Gasteiger partial charge is 0.353 e. The van der Waals surface area contributed by atoms with Crippen LogP contribution in [0.15, 0.2) is 55.2 Å². The van der Waals surface area contributed by atoms with Crippen molar-refractivity contribution in [2.45, 2.75) is 6.92 Å². The summed E-state index contributed by atoms with van der Waals surface area (Å²) >= 11 is 0. The van der Waals surface area contributed by atoms with Gasteiger partial charge in [-0.25, -0.2) is 9.97 Å². The third kappa shape index (κ3) is 3.28. The van der Waals surface area contributed by atoms with E-state index >= 15 is 0 Å². The minimum absolute atomic E-state index is 0.924. The van der Waals surface area contributed by atoms with E-state index in [1.807, 2.05) is 25.3 Å². The second kappa shape index (κ2) is 6.84. The van der Waals surface area contributed by atoms with Crippen LogP contribution in [0.1, 0.15) is 5.69 Å². The van der Waals surface area contributed by atoms with E-state index in [1.54, 1.807) is 24.8 Å². The molecule has 6 nitrogen and oxygen atoms in total. The Morgan fingerprint density at radius 1 is 0.720 bits per heavy atom. The number of nitrogens with zero attached hydrogens (tertiary/aromatic N) is 6. The first-order chi connectivity index (χ1) is 12.3. The Labute approximate surface area is 147 Å². The number of rotatable bonds is 3. The Morgan fingerprint density at radius 2 is 1.44 bits per heavy atom. The number of hydrogen-bond donors (Lipinski definition) is 0. The Bertz CT molecular complexity index is 826. The quantitative estimate of drug-likeness (QED) is 0.735. The molecule has 0 aromatic carbocycles. The lowest BCUT2D eigenvalue weighted by atomic mass is 10.1. The van der Waals surface area contributed by atoms with Gasteiger partial charge in [0.15, 0.2) is 0 Å². The lowest BCUT2D eigenvalue weighted by molar-refractivity contribution is 0.639. The van der Waals surface area contributed by atoms with Gasteiger partial charge in [-0.1, -0.05) is 0 Å². The standard InChI is InChI=1S/C19H20N6/c1-15-19(22-9-8-21-15)25-12-10-24(11-13-25)18-3-2-17(14-23-18)16-4-6-20-7-5-16/h2-9,14H,10-13H2,1H3. The monoisotopic (exact) mass is 332 g/mol. The summed E-state index contributed by atoms with van der Waals surface area (Å²) in [5.74, 6) is 2.01. The van der Waals surface area contributed by atoms with E-state index in [0.717, 1.165) is 54.6 Å². The first-order valence-corrected chi connectivity index (χ1v) is 8.45. The summed E-state index contributed by atoms with van der Waals surface area (Å²) < 4.78 is 0. The predicted octanol–water partition coefficient (Wildman–Crippen LogP) is 2.57. The lowest BCUT2D eigenvalue weighted by Gasteiger charge is -2.36. The van der Waals surface area contributed by atoms with Crippen molar-refractivity contribution < 1.29 is 0 Å². The van der Waals surface area contributed by atoms with Gasteiger partial charge in [0.2, 0.25) is 0 Å². The van der Waals surface area contributed by atoms with Crippen LogP contribution in [0.3, 0.4) is 0 Å². The van der Waals surface area contributed by atoms with Crippen molar-refractivity contribution in [2.75, 3.05) is 36.0 Å². The fraction of sp³-hybridized carbons (Fsp3) is 0.263. The molecule has 3 aromatic rings. The number of aromatic nitrogens is 4. The van der Waals surface area contributed by atoms with Gasteiger partial charge in [0.1, 0.15) is 11.6 Å². The van der Waals surface area contributed by atoms with Gasteiger partial charge in [0.25, 0.3) is 0 Å². The van der Waals surface area contributed by atoms with Gasteiger partial charge >= 0.3 is 0 Å². The topological polar surface area (TPSA) is 58.0 Å². The number of piperazine rings is 1. The van der Waals surface area contributed by atoms with Crippen molar-refractivity contribution >= 4 is 11.6 Å². The molecular formula is C19H20N6. The summed E-state index contributed by atoms with van der Waals surface area (Å²) in [6.45, 7) is 5.71. The fourth-order valence-corrected chi connectivity index (χ4v) is 3.15. The van der Waals surface area contributed by atoms with Crippen LogP contribution >= 0.6 is 0 Å². The van der Waals surface area contributed by atoms with Crippen LogP contribution < -0.4 is 9.80 Å². The summed E-state index contributed by atoms with van der Waals surface area (Å²) in [5.41, 5.74) is 3.23. The molecule has 4 rings (SSSR count). The highest BCUT2D eigenvalue weighted by atomic mass is 15.3. The maximum absolute atomic E-state index is 4.65. The number of hydrogen-bond acceptors (Lipinski definition) is 6. The zero-order valence-electron chi connectivity index (χ0n) is 14.2. The Morgan fingerprint density at radius 3 is 2.12 bits per heavy atom. The molecule has 25 heavy (non-hydrogen) atoms. The highest BCUT2D eigenvalue weighted by Gasteiger charge is 2.20. The Kier molecular flexibility index (Phi) is 4.24. The summed E-state index contributed by atoms with van der Waals surface area (Å²) in [6.07, 6.45) is 9.04. The maximum Gasteiger partial charge on any atom is 0.150 e. The van der Waals surface area contributed by atoms with E-state index in [2.05, 4.69) is 41.9 Å². The van der Waals surface area contributed by atoms with Gasteiger partial charge in [-0.2, -0.15) is 0 Å². The molecule has 4 heterocycles. The molecule has 6 heteroatoms. The molecular weight excluding hydrogens is 312 g/mol. The second-order valence-electron chi connectivity index (χ2n) is 6.08. The molecule has 0 atom stereocenters. The molecule has 1 fully saturated rings. The molecule has 126 valence electrons. The van der Waals surface area contributed by atoms with Crippen LogP contribution in [0.4, 0.5) is 11.6 Å². The van der Waals surface area contributed by atoms with Crippen molar-refractivity contribution in [1.82, 2.24) is 19.9 Å². The Balaban J connectivity index is 1.43. The van der Waals surface area contributed by atoms with Crippen LogP contribution in [0.2, 0.25) is 0 Å². The van der Waals surface area contributed by atoms with Gasteiger partial charge in [-0.3, -0.25) is 9.97 Å². The van der Waals surface area contributed by atoms with Crippen LogP contribution in [0.25, 0.3) is 11.1 Å². The fourth-order valence-electron chi connectivity index (χ4n) is 3.15. The minimum Gasteiger partial charge on any atom is -0.353 e. The molecule has 0 spiro atoms. The second-order valence-corrected chi connectivity index (χ2v) is 6.08. The lowest BCUT2D eigenvalue weighted by Crippen LogP contribution is -2.47. The van der Waals surface area contributed by atoms with Crippen molar-refractivity contribution in [3.8, 4) is 11.1 Å². The van der Waals surface area contributed by atoms with E-state index in [4.69, 9.17) is 0 Å². The van der Waals surface area contributed by atoms with Gasteiger partial charge in [-0.15, -0.1) is 0 Å². The SMILES string of the molecule is Cc1nccnc1N1CCN(c2ccc(-c3ccncc3)cn2)CC1. The third-order valence-electron chi connectivity index (χ3n) is 4.52. The maximum atomic E-state index is 4.65. The van der Waals surface area contributed by atoms with Crippen molar-refractivity contribution in [3.05, 3.63) is 60.9 Å². The van der Waals surface area contributed by atoms with Crippen LogP contribution in [-0.4, -0.2) is 46.1 Å². The van der Waals surface area contributed by atoms with E-state index in [0.29, 0.717) is 0 Å². The van der Waals surface area contributed by atoms with Crippen LogP contribution in [-0.2, 0) is 0 Å². The molecule has 0 amide bonds. The van der Waals surface area contributed by atoms with Crippen LogP contribution in [0.5, 0.6) is 0 Å². The van der Waals surface area contributed by atoms with Crippen molar-refractivity contribution in [2.24, 2.45) is 0 Å². The van der Waals surface area contributed by atoms with E-state index in [-0.39, 0.29) is 0 Å². The first kappa shape index (κ1) is 15.5. The molecule has 0 radical (unpaired) electrons. The minimum atomic E-state index is 0.924. The van der Waals surface area contributed by atoms with Crippen LogP contribution in [0, 0.1) is 6.92 Å². The average Bonchev–Trinajstić information content (AvgIpc) is 2.69. The molecule has 3 aromatic heterocycles. The van der Waals surface area contributed by atoms with E-state index < -0.39 is 0 Å². The molecule has 0 saturated carbocycles. The normalized spacial score (nSPS) is 14.6. The summed E-state index contributed by atoms with van der Waals surface area (Å²) in [7, 11) is 0. The van der Waals surface area contributed by atoms with E-state index in [9.17, 15) is 0 Å². The molecule has 1 aliphatic heterocycles. The summed E-state index contributed by atoms with van der Waals surface area (Å²) in [5, 5.41) is 0. The number of anilines is 2. The highest BCUT2D eigenvalue weighted by Crippen LogP contribution is 2.22. The van der Waals surface area contributed by atoms with Crippen molar-refractivity contribution in [1.29, 1.82) is 0 Å². The summed E-state index contributed by atoms with van der Waals surface area (Å²) in [4.78, 5) is 22.1. The van der Waals surface area contributed by atoms with E-state index in [1.165, 1.54) is 0 Å². The third-order valence-corrected chi connectivity index (χ3v) is 4.52. The molecule has 1 aliphatic rings. The predicted molar refractivity (Wildman–Crippen MR) is 98.7 cm³/mol. The number of aryl methyl sites for hydroxylation is 1. The molecule has 0 aliphatic carbocycles. The van der Waals surface area contributed by atoms with Gasteiger partial charge < -0.3 is 9.80 Å².